The molecular weight excluding hydrogens is 1590 g/mol. The SMILES string of the molecule is FC(F)(F)c1ccccc1-c1nc(Nc2[nH]nc3ncccc23)c2ccccc2n1.FC(F)(F)c1ccccc1-c1nc(Nc2n[nH]c3c2CCCC3)c2ccccc2n1.FC(F)(F)c1ccccc1-c1nc(Nc2n[nH]c3cccnc23)c2ccccc2n1.Nc1ccc(-c2nc(Nc3n[nH]c4c(F)cc(F)cc34)c3ccccc3n2)c(Cl)c1. The molecule has 0 saturated carbocycles. The third-order valence-corrected chi connectivity index (χ3v) is 19.6. The number of nitrogens with two attached hydrogens (primary N) is 1. The molecule has 35 heteroatoms. The molecule has 0 amide bonds. The van der Waals surface area contributed by atoms with Crippen LogP contribution in [-0.2, 0) is 31.4 Å². The quantitative estimate of drug-likeness (QED) is 0.0405. The zero-order valence-electron chi connectivity index (χ0n) is 61.7. The number of nitrogens with zero attached hydrogens (tertiary/aromatic N) is 14. The van der Waals surface area contributed by atoms with Crippen molar-refractivity contribution in [2.45, 2.75) is 44.2 Å². The van der Waals surface area contributed by atoms with Gasteiger partial charge in [0, 0.05) is 79.2 Å². The standard InChI is InChI=1S/C22H18F3N5.C21H13ClF2N6.2C21H13F3N6/c23-22(24,25)16-10-4-1-7-13(16)19-26-17-11-5-2-8-14(17)20(27-19)28-21-15-9-3-6-12-18(15)29-30-21;22-15-9-11(25)5-6-12(15)19-26-17-4-2-1-3-13(17)20(27-19)28-21-14-7-10(23)8-16(24)18(14)29-30-21;22-21(23,24)15-9-3-1-6-12(15)18-26-16-10-4-2-7-13(16)19(27-18)28-20-14-8-5-11-25-17(14)29-30-20;22-21(23,24)14-8-3-1-6-12(14)18-26-15-9-4-2-7-13(15)19(27-18)28-20-17-16(29-30-20)10-5-11-25-17/h1-2,4-5,7-8,10-11H,3,6,9,12H2,(H2,26,27,28,29,30);1-9H,25H2,(H2,26,27,28,29,30);1-11H,(H2,25,26,27,28,29,30);1-11H,(H2,26,27,28,29,30). The number of halogens is 12. The number of anilines is 9. The molecule has 0 bridgehead atoms. The Balaban J connectivity index is 0.000000114. The van der Waals surface area contributed by atoms with Crippen LogP contribution in [0, 0.1) is 11.6 Å². The van der Waals surface area contributed by atoms with Gasteiger partial charge < -0.3 is 27.0 Å². The molecule has 23 nitrogen and oxygen atoms in total. The molecule has 20 rings (SSSR count). The summed E-state index contributed by atoms with van der Waals surface area (Å²) in [7, 11) is 0. The monoisotopic (exact) mass is 1640 g/mol. The van der Waals surface area contributed by atoms with Gasteiger partial charge in [-0.25, -0.2) is 53.6 Å². The van der Waals surface area contributed by atoms with Crippen molar-refractivity contribution >= 4 is 140 Å². The van der Waals surface area contributed by atoms with Crippen LogP contribution in [0.2, 0.25) is 5.02 Å². The smallest absolute Gasteiger partial charge is 0.399 e. The maximum absolute atomic E-state index is 14.0. The maximum atomic E-state index is 14.0. The van der Waals surface area contributed by atoms with Crippen molar-refractivity contribution in [3.05, 3.63) is 281 Å². The minimum Gasteiger partial charge on any atom is -0.399 e. The highest BCUT2D eigenvalue weighted by molar-refractivity contribution is 6.33. The predicted molar refractivity (Wildman–Crippen MR) is 436 cm³/mol. The Morgan fingerprint density at radius 2 is 0.792 bits per heavy atom. The second kappa shape index (κ2) is 32.1. The second-order valence-corrected chi connectivity index (χ2v) is 27.5. The van der Waals surface area contributed by atoms with Gasteiger partial charge in [-0.1, -0.05) is 115 Å². The van der Waals surface area contributed by atoms with Crippen LogP contribution in [0.3, 0.4) is 0 Å². The first-order chi connectivity index (χ1) is 58.0. The Morgan fingerprint density at radius 3 is 1.32 bits per heavy atom. The lowest BCUT2D eigenvalue weighted by Crippen LogP contribution is -2.09. The first-order valence-corrected chi connectivity index (χ1v) is 37.1. The highest BCUT2D eigenvalue weighted by atomic mass is 35.5. The number of aromatic amines is 4. The van der Waals surface area contributed by atoms with Gasteiger partial charge >= 0.3 is 18.5 Å². The van der Waals surface area contributed by atoms with E-state index in [1.54, 1.807) is 103 Å². The molecule has 1 aliphatic rings. The molecular formula is C85H57ClF11N23. The van der Waals surface area contributed by atoms with Crippen molar-refractivity contribution in [1.82, 2.24) is 90.6 Å². The van der Waals surface area contributed by atoms with Crippen molar-refractivity contribution in [3.8, 4) is 45.6 Å². The fraction of sp³-hybridized carbons (Fsp3) is 0.0824. The number of aryl methyl sites for hydroxylation is 1. The molecule has 120 heavy (non-hydrogen) atoms. The lowest BCUT2D eigenvalue weighted by atomic mass is 9.97. The lowest BCUT2D eigenvalue weighted by Gasteiger charge is -2.15. The molecule has 1 aliphatic carbocycles. The zero-order valence-corrected chi connectivity index (χ0v) is 62.5. The van der Waals surface area contributed by atoms with E-state index in [0.717, 1.165) is 77.5 Å². The summed E-state index contributed by atoms with van der Waals surface area (Å²) in [6.07, 6.45) is -6.25. The van der Waals surface area contributed by atoms with Crippen LogP contribution < -0.4 is 27.0 Å². The summed E-state index contributed by atoms with van der Waals surface area (Å²) in [5.74, 6) is 2.34. The average Bonchev–Trinajstić information content (AvgIpc) is 1.26. The number of alkyl halides is 9. The van der Waals surface area contributed by atoms with Crippen molar-refractivity contribution < 1.29 is 48.3 Å². The summed E-state index contributed by atoms with van der Waals surface area (Å²) < 4.78 is 150. The van der Waals surface area contributed by atoms with Crippen LogP contribution in [0.5, 0.6) is 0 Å². The molecule has 10 aromatic heterocycles. The Morgan fingerprint density at radius 1 is 0.358 bits per heavy atom. The van der Waals surface area contributed by atoms with Crippen molar-refractivity contribution in [1.29, 1.82) is 0 Å². The highest BCUT2D eigenvalue weighted by Crippen LogP contribution is 2.43. The van der Waals surface area contributed by atoms with Gasteiger partial charge in [0.15, 0.2) is 52.2 Å². The number of fused-ring (bicyclic) bond motifs is 8. The van der Waals surface area contributed by atoms with E-state index in [0.29, 0.717) is 112 Å². The van der Waals surface area contributed by atoms with Gasteiger partial charge in [0.1, 0.15) is 45.9 Å². The van der Waals surface area contributed by atoms with Crippen molar-refractivity contribution in [3.63, 3.8) is 0 Å². The topological polar surface area (TPSA) is 318 Å². The van der Waals surface area contributed by atoms with Gasteiger partial charge in [-0.2, -0.15) is 59.9 Å². The van der Waals surface area contributed by atoms with E-state index in [1.165, 1.54) is 54.6 Å². The Kier molecular flexibility index (Phi) is 20.7. The third-order valence-electron chi connectivity index (χ3n) is 19.3. The number of nitrogens with one attached hydrogen (secondary N) is 8. The molecule has 0 aliphatic heterocycles. The number of hydrogen-bond acceptors (Lipinski definition) is 19. The number of hydrogen-bond donors (Lipinski definition) is 9. The fourth-order valence-corrected chi connectivity index (χ4v) is 14.0. The largest absolute Gasteiger partial charge is 0.417 e. The second-order valence-electron chi connectivity index (χ2n) is 27.1. The summed E-state index contributed by atoms with van der Waals surface area (Å²) in [5.41, 5.74) is 10.7. The number of para-hydroxylation sites is 4. The molecule has 9 aromatic carbocycles. The van der Waals surface area contributed by atoms with Crippen LogP contribution >= 0.6 is 11.6 Å². The van der Waals surface area contributed by atoms with Gasteiger partial charge in [-0.15, -0.1) is 0 Å². The maximum Gasteiger partial charge on any atom is 0.417 e. The van der Waals surface area contributed by atoms with Crippen LogP contribution in [0.1, 0.15) is 40.8 Å². The predicted octanol–water partition coefficient (Wildman–Crippen LogP) is 21.8. The van der Waals surface area contributed by atoms with Gasteiger partial charge in [-0.05, 0) is 141 Å². The number of nitrogen functional groups attached to an aromatic ring is 1. The van der Waals surface area contributed by atoms with E-state index in [2.05, 4.69) is 112 Å². The minimum absolute atomic E-state index is 0.0218. The van der Waals surface area contributed by atoms with Crippen LogP contribution in [-0.4, -0.2) is 90.6 Å². The first-order valence-electron chi connectivity index (χ1n) is 36.7. The number of benzene rings is 9. The number of pyridine rings is 2. The summed E-state index contributed by atoms with van der Waals surface area (Å²) in [4.78, 5) is 44.2. The highest BCUT2D eigenvalue weighted by Gasteiger charge is 2.37. The molecule has 10 N–H and O–H groups in total. The van der Waals surface area contributed by atoms with E-state index in [9.17, 15) is 48.3 Å². The Labute approximate surface area is 674 Å². The fourth-order valence-electron chi connectivity index (χ4n) is 13.7. The molecule has 0 saturated heterocycles. The van der Waals surface area contributed by atoms with Gasteiger partial charge in [-0.3, -0.25) is 25.4 Å². The van der Waals surface area contributed by atoms with E-state index in [4.69, 9.17) is 17.3 Å². The van der Waals surface area contributed by atoms with Gasteiger partial charge in [0.05, 0.1) is 60.1 Å². The van der Waals surface area contributed by atoms with E-state index >= 15 is 0 Å². The molecule has 0 atom stereocenters. The summed E-state index contributed by atoms with van der Waals surface area (Å²) in [6.45, 7) is 0. The summed E-state index contributed by atoms with van der Waals surface area (Å²) in [6, 6.07) is 59.0. The first kappa shape index (κ1) is 77.4. The molecule has 0 fully saturated rings. The van der Waals surface area contributed by atoms with Gasteiger partial charge in [0.25, 0.3) is 0 Å². The van der Waals surface area contributed by atoms with Crippen molar-refractivity contribution in [2.75, 3.05) is 27.0 Å². The zero-order chi connectivity index (χ0) is 83.0. The molecule has 10 heterocycles. The van der Waals surface area contributed by atoms with E-state index in [1.807, 2.05) is 54.6 Å². The van der Waals surface area contributed by atoms with Crippen LogP contribution in [0.15, 0.2) is 237 Å². The lowest BCUT2D eigenvalue weighted by molar-refractivity contribution is -0.137. The van der Waals surface area contributed by atoms with E-state index < -0.39 is 46.9 Å². The van der Waals surface area contributed by atoms with Crippen LogP contribution in [0.4, 0.5) is 101 Å². The van der Waals surface area contributed by atoms with Crippen LogP contribution in [0.25, 0.3) is 122 Å². The Bertz CT molecular complexity index is 6880. The third kappa shape index (κ3) is 16.0. The number of rotatable bonds is 12. The molecule has 0 spiro atoms. The molecule has 596 valence electrons. The van der Waals surface area contributed by atoms with Gasteiger partial charge in [0.2, 0.25) is 0 Å². The molecule has 19 aromatic rings. The molecule has 0 radical (unpaired) electrons. The summed E-state index contributed by atoms with van der Waals surface area (Å²) >= 11 is 6.34. The van der Waals surface area contributed by atoms with Crippen molar-refractivity contribution in [2.24, 2.45) is 0 Å². The number of H-pyrrole nitrogens is 4. The average molecular weight is 1640 g/mol. The van der Waals surface area contributed by atoms with E-state index in [-0.39, 0.29) is 50.9 Å². The number of aromatic nitrogens is 18. The minimum atomic E-state index is -4.53. The summed E-state index contributed by atoms with van der Waals surface area (Å²) in [5, 5.41) is 44.9. The molecule has 0 unspecified atom stereocenters. The normalized spacial score (nSPS) is 12.2. The Hall–Kier alpha value is -15.2.